The van der Waals surface area contributed by atoms with E-state index in [1.165, 1.54) is 22.3 Å². The van der Waals surface area contributed by atoms with Crippen molar-refractivity contribution in [2.75, 3.05) is 30.4 Å². The van der Waals surface area contributed by atoms with Crippen molar-refractivity contribution in [3.63, 3.8) is 0 Å². The van der Waals surface area contributed by atoms with Crippen LogP contribution < -0.4 is 15.5 Å². The van der Waals surface area contributed by atoms with Gasteiger partial charge in [-0.1, -0.05) is 17.9 Å². The minimum Gasteiger partial charge on any atom is -0.354 e. The van der Waals surface area contributed by atoms with Gasteiger partial charge in [0.2, 0.25) is 11.8 Å². The van der Waals surface area contributed by atoms with Gasteiger partial charge in [0.25, 0.3) is 0 Å². The number of likely N-dealkylation sites (N-methyl/N-ethyl adjacent to an activating group) is 1. The molecule has 11 heteroatoms. The van der Waals surface area contributed by atoms with Gasteiger partial charge in [-0.25, -0.2) is 15.0 Å². The molecular formula is C24H28N8O2S. The summed E-state index contributed by atoms with van der Waals surface area (Å²) in [4.78, 5) is 46.6. The molecular weight excluding hydrogens is 464 g/mol. The van der Waals surface area contributed by atoms with Crippen LogP contribution in [0.15, 0.2) is 49.4 Å². The summed E-state index contributed by atoms with van der Waals surface area (Å²) >= 11 is 1.53. The third-order valence-corrected chi connectivity index (χ3v) is 6.83. The molecule has 1 saturated heterocycles. The summed E-state index contributed by atoms with van der Waals surface area (Å²) in [6.45, 7) is 8.40. The number of pyridine rings is 1. The maximum atomic E-state index is 12.6. The van der Waals surface area contributed by atoms with Crippen molar-refractivity contribution in [2.45, 2.75) is 32.4 Å². The van der Waals surface area contributed by atoms with E-state index in [0.717, 1.165) is 34.4 Å². The number of hydrogen-bond donors (Lipinski definition) is 2. The zero-order chi connectivity index (χ0) is 24.9. The first-order valence-corrected chi connectivity index (χ1v) is 12.1. The van der Waals surface area contributed by atoms with Gasteiger partial charge < -0.3 is 20.4 Å². The van der Waals surface area contributed by atoms with Crippen LogP contribution in [-0.4, -0.2) is 68.9 Å². The maximum Gasteiger partial charge on any atom is 0.246 e. The number of aryl methyl sites for hydroxylation is 1. The predicted octanol–water partition coefficient (Wildman–Crippen LogP) is 2.77. The van der Waals surface area contributed by atoms with Gasteiger partial charge in [0.15, 0.2) is 5.13 Å². The highest BCUT2D eigenvalue weighted by Crippen LogP contribution is 2.30. The smallest absolute Gasteiger partial charge is 0.246 e. The number of carbonyl (C=O) groups excluding carboxylic acids is 2. The monoisotopic (exact) mass is 492 g/mol. The molecule has 4 rings (SSSR count). The van der Waals surface area contributed by atoms with Crippen LogP contribution >= 0.6 is 11.3 Å². The van der Waals surface area contributed by atoms with Gasteiger partial charge in [-0.3, -0.25) is 14.6 Å². The number of rotatable bonds is 8. The number of aromatic nitrogens is 4. The Bertz CT molecular complexity index is 1220. The minimum atomic E-state index is -0.581. The summed E-state index contributed by atoms with van der Waals surface area (Å²) in [5, 5.41) is 7.07. The molecule has 3 aromatic heterocycles. The molecule has 0 saturated carbocycles. The molecule has 0 radical (unpaired) electrons. The fourth-order valence-electron chi connectivity index (χ4n) is 3.79. The first kappa shape index (κ1) is 24.3. The maximum absolute atomic E-state index is 12.6. The van der Waals surface area contributed by atoms with Crippen molar-refractivity contribution in [3.05, 3.63) is 55.3 Å². The average molecular weight is 493 g/mol. The standard InChI is InChI=1S/C24H28N8O2S/c1-5-22(33)31(4)15(2)23(34)29-18-8-11-32(14-18)21-12-20(27-16(3)28-21)30-24-26-13-19(35-24)17-6-9-25-10-7-17/h5-7,9-10,12-13,15,18H,1,8,11,14H2,2-4H3,(H,29,34)(H,26,27,28,30)/t15-,18?/m0/s1. The summed E-state index contributed by atoms with van der Waals surface area (Å²) in [5.41, 5.74) is 1.06. The van der Waals surface area contributed by atoms with E-state index in [9.17, 15) is 9.59 Å². The molecule has 1 aliphatic heterocycles. The third-order valence-electron chi connectivity index (χ3n) is 5.87. The Balaban J connectivity index is 1.39. The number of amides is 2. The van der Waals surface area contributed by atoms with Crippen LogP contribution in [0.5, 0.6) is 0 Å². The van der Waals surface area contributed by atoms with Gasteiger partial charge in [0.05, 0.1) is 4.88 Å². The van der Waals surface area contributed by atoms with Crippen LogP contribution in [0.4, 0.5) is 16.8 Å². The number of anilines is 3. The normalized spacial score (nSPS) is 16.0. The van der Waals surface area contributed by atoms with Gasteiger partial charge in [-0.2, -0.15) is 0 Å². The number of hydrogen-bond acceptors (Lipinski definition) is 9. The molecule has 3 aromatic rings. The van der Waals surface area contributed by atoms with Crippen LogP contribution in [0, 0.1) is 6.92 Å². The zero-order valence-corrected chi connectivity index (χ0v) is 20.7. The molecule has 2 amide bonds. The summed E-state index contributed by atoms with van der Waals surface area (Å²) < 4.78 is 0. The largest absolute Gasteiger partial charge is 0.354 e. The first-order valence-electron chi connectivity index (χ1n) is 11.3. The SMILES string of the molecule is C=CC(=O)N(C)[C@@H](C)C(=O)NC1CCN(c2cc(Nc3ncc(-c4ccncc4)s3)nc(C)n2)C1. The lowest BCUT2D eigenvalue weighted by Crippen LogP contribution is -2.49. The second-order valence-electron chi connectivity index (χ2n) is 8.32. The lowest BCUT2D eigenvalue weighted by Gasteiger charge is -2.25. The second kappa shape index (κ2) is 10.6. The highest BCUT2D eigenvalue weighted by Gasteiger charge is 2.28. The lowest BCUT2D eigenvalue weighted by atomic mass is 10.2. The van der Waals surface area contributed by atoms with Crippen molar-refractivity contribution < 1.29 is 9.59 Å². The van der Waals surface area contributed by atoms with Gasteiger partial charge in [-0.15, -0.1) is 0 Å². The van der Waals surface area contributed by atoms with Crippen LogP contribution in [0.3, 0.4) is 0 Å². The van der Waals surface area contributed by atoms with Crippen molar-refractivity contribution >= 4 is 39.9 Å². The summed E-state index contributed by atoms with van der Waals surface area (Å²) in [6.07, 6.45) is 7.33. The van der Waals surface area contributed by atoms with Gasteiger partial charge >= 0.3 is 0 Å². The van der Waals surface area contributed by atoms with Gasteiger partial charge in [0, 0.05) is 50.8 Å². The molecule has 0 aliphatic carbocycles. The fourth-order valence-corrected chi connectivity index (χ4v) is 4.62. The summed E-state index contributed by atoms with van der Waals surface area (Å²) in [7, 11) is 1.59. The molecule has 0 bridgehead atoms. The number of nitrogens with one attached hydrogen (secondary N) is 2. The van der Waals surface area contributed by atoms with Gasteiger partial charge in [-0.05, 0) is 44.0 Å². The summed E-state index contributed by atoms with van der Waals surface area (Å²) in [6, 6.07) is 5.17. The molecule has 0 aromatic carbocycles. The van der Waals surface area contributed by atoms with Crippen molar-refractivity contribution in [1.82, 2.24) is 30.2 Å². The van der Waals surface area contributed by atoms with E-state index in [0.29, 0.717) is 18.2 Å². The number of thiazole rings is 1. The van der Waals surface area contributed by atoms with Gasteiger partial charge in [0.1, 0.15) is 23.5 Å². The van der Waals surface area contributed by atoms with E-state index in [-0.39, 0.29) is 17.9 Å². The zero-order valence-electron chi connectivity index (χ0n) is 19.9. The Labute approximate surface area is 208 Å². The Hall–Kier alpha value is -3.86. The lowest BCUT2D eigenvalue weighted by molar-refractivity contribution is -0.135. The van der Waals surface area contributed by atoms with Crippen LogP contribution in [0.1, 0.15) is 19.2 Å². The Morgan fingerprint density at radius 3 is 2.83 bits per heavy atom. The fraction of sp³-hybridized carbons (Fsp3) is 0.333. The highest BCUT2D eigenvalue weighted by molar-refractivity contribution is 7.18. The molecule has 0 spiro atoms. The van der Waals surface area contributed by atoms with Crippen molar-refractivity contribution in [2.24, 2.45) is 0 Å². The molecule has 10 nitrogen and oxygen atoms in total. The van der Waals surface area contributed by atoms with E-state index < -0.39 is 6.04 Å². The van der Waals surface area contributed by atoms with Crippen LogP contribution in [-0.2, 0) is 9.59 Å². The van der Waals surface area contributed by atoms with Crippen molar-refractivity contribution in [1.29, 1.82) is 0 Å². The molecule has 2 atom stereocenters. The summed E-state index contributed by atoms with van der Waals surface area (Å²) in [5.74, 6) is 1.61. The van der Waals surface area contributed by atoms with Crippen molar-refractivity contribution in [3.8, 4) is 10.4 Å². The number of nitrogens with zero attached hydrogens (tertiary/aromatic N) is 6. The Morgan fingerprint density at radius 2 is 2.09 bits per heavy atom. The van der Waals surface area contributed by atoms with E-state index in [1.54, 1.807) is 26.4 Å². The molecule has 1 unspecified atom stereocenters. The van der Waals surface area contributed by atoms with E-state index in [1.807, 2.05) is 31.3 Å². The average Bonchev–Trinajstić information content (AvgIpc) is 3.52. The predicted molar refractivity (Wildman–Crippen MR) is 137 cm³/mol. The van der Waals surface area contributed by atoms with E-state index >= 15 is 0 Å². The van der Waals surface area contributed by atoms with E-state index in [4.69, 9.17) is 0 Å². The quantitative estimate of drug-likeness (QED) is 0.461. The molecule has 4 heterocycles. The van der Waals surface area contributed by atoms with Crippen LogP contribution in [0.25, 0.3) is 10.4 Å². The van der Waals surface area contributed by atoms with E-state index in [2.05, 4.69) is 42.0 Å². The first-order chi connectivity index (χ1) is 16.8. The minimum absolute atomic E-state index is 0.0363. The molecule has 182 valence electrons. The molecule has 2 N–H and O–H groups in total. The second-order valence-corrected chi connectivity index (χ2v) is 9.35. The molecule has 1 aliphatic rings. The molecule has 35 heavy (non-hydrogen) atoms. The molecule has 1 fully saturated rings. The third kappa shape index (κ3) is 5.80. The highest BCUT2D eigenvalue weighted by atomic mass is 32.1. The Kier molecular flexibility index (Phi) is 7.35. The topological polar surface area (TPSA) is 116 Å². The Morgan fingerprint density at radius 1 is 1.31 bits per heavy atom. The van der Waals surface area contributed by atoms with Crippen LogP contribution in [0.2, 0.25) is 0 Å². The number of carbonyl (C=O) groups is 2.